The van der Waals surface area contributed by atoms with Gasteiger partial charge in [-0.05, 0) is 12.5 Å². The first kappa shape index (κ1) is 14.4. The highest BCUT2D eigenvalue weighted by molar-refractivity contribution is 5.66. The summed E-state index contributed by atoms with van der Waals surface area (Å²) in [7, 11) is 0. The van der Waals surface area contributed by atoms with E-state index in [0.717, 1.165) is 0 Å². The molecule has 1 aliphatic rings. The van der Waals surface area contributed by atoms with E-state index in [4.69, 9.17) is 14.2 Å². The van der Waals surface area contributed by atoms with E-state index in [1.807, 2.05) is 6.08 Å². The van der Waals surface area contributed by atoms with Crippen molar-refractivity contribution >= 4 is 11.9 Å². The van der Waals surface area contributed by atoms with Gasteiger partial charge in [-0.15, -0.1) is 6.58 Å². The highest BCUT2D eigenvalue weighted by Crippen LogP contribution is 2.19. The molecule has 0 aromatic rings. The van der Waals surface area contributed by atoms with Gasteiger partial charge in [0.2, 0.25) is 0 Å². The van der Waals surface area contributed by atoms with Crippen molar-refractivity contribution in [2.24, 2.45) is 0 Å². The largest absolute Gasteiger partial charge is 0.463 e. The standard InChI is InChI=1S/C13H18O5/c1-4-5-11-6-7-12(17-10(3)15)13(18-11)8-16-9(2)14/h4,6-7,11-13H,1,5,8H2,2-3H3/t11-,12-,13-/m1/s1. The molecule has 0 N–H and O–H groups in total. The lowest BCUT2D eigenvalue weighted by Gasteiger charge is -2.31. The summed E-state index contributed by atoms with van der Waals surface area (Å²) in [4.78, 5) is 21.8. The van der Waals surface area contributed by atoms with E-state index >= 15 is 0 Å². The summed E-state index contributed by atoms with van der Waals surface area (Å²) < 4.78 is 15.7. The summed E-state index contributed by atoms with van der Waals surface area (Å²) in [5, 5.41) is 0. The van der Waals surface area contributed by atoms with Gasteiger partial charge in [-0.25, -0.2) is 0 Å². The number of esters is 2. The van der Waals surface area contributed by atoms with Crippen LogP contribution in [0, 0.1) is 0 Å². The Morgan fingerprint density at radius 2 is 2.06 bits per heavy atom. The fourth-order valence-corrected chi connectivity index (χ4v) is 1.64. The third-order valence-corrected chi connectivity index (χ3v) is 2.38. The Balaban J connectivity index is 2.65. The van der Waals surface area contributed by atoms with Gasteiger partial charge in [0.1, 0.15) is 18.8 Å². The van der Waals surface area contributed by atoms with Crippen LogP contribution in [0.3, 0.4) is 0 Å². The molecule has 0 saturated carbocycles. The average Bonchev–Trinajstić information content (AvgIpc) is 2.28. The number of carbonyl (C=O) groups excluding carboxylic acids is 2. The molecule has 0 unspecified atom stereocenters. The second kappa shape index (κ2) is 6.96. The first-order valence-electron chi connectivity index (χ1n) is 5.78. The maximum absolute atomic E-state index is 11.0. The number of hydrogen-bond acceptors (Lipinski definition) is 5. The van der Waals surface area contributed by atoms with Gasteiger partial charge >= 0.3 is 11.9 Å². The summed E-state index contributed by atoms with van der Waals surface area (Å²) in [6, 6.07) is 0. The molecule has 100 valence electrons. The van der Waals surface area contributed by atoms with Gasteiger partial charge in [-0.1, -0.05) is 12.2 Å². The van der Waals surface area contributed by atoms with Crippen molar-refractivity contribution in [3.05, 3.63) is 24.8 Å². The monoisotopic (exact) mass is 254 g/mol. The molecule has 0 fully saturated rings. The van der Waals surface area contributed by atoms with Crippen molar-refractivity contribution in [2.45, 2.75) is 38.6 Å². The molecule has 0 aliphatic carbocycles. The number of ether oxygens (including phenoxy) is 3. The molecule has 1 rings (SSSR count). The topological polar surface area (TPSA) is 61.8 Å². The van der Waals surface area contributed by atoms with E-state index in [2.05, 4.69) is 6.58 Å². The van der Waals surface area contributed by atoms with Gasteiger partial charge in [-0.2, -0.15) is 0 Å². The first-order valence-corrected chi connectivity index (χ1v) is 5.78. The number of carbonyl (C=O) groups is 2. The SMILES string of the molecule is C=CC[C@@H]1C=C[C@@H](OC(C)=O)[C@@H](COC(C)=O)O1. The van der Waals surface area contributed by atoms with Crippen LogP contribution in [-0.2, 0) is 23.8 Å². The molecule has 0 aromatic heterocycles. The van der Waals surface area contributed by atoms with Crippen molar-refractivity contribution in [2.75, 3.05) is 6.61 Å². The Kier molecular flexibility index (Phi) is 5.58. The lowest BCUT2D eigenvalue weighted by atomic mass is 10.1. The maximum atomic E-state index is 11.0. The molecule has 5 heteroatoms. The summed E-state index contributed by atoms with van der Waals surface area (Å²) in [5.74, 6) is -0.793. The maximum Gasteiger partial charge on any atom is 0.303 e. The van der Waals surface area contributed by atoms with E-state index < -0.39 is 24.1 Å². The minimum Gasteiger partial charge on any atom is -0.463 e. The minimum absolute atomic E-state index is 0.0608. The van der Waals surface area contributed by atoms with Crippen LogP contribution in [0.5, 0.6) is 0 Å². The van der Waals surface area contributed by atoms with Gasteiger partial charge in [-0.3, -0.25) is 9.59 Å². The molecule has 0 bridgehead atoms. The van der Waals surface area contributed by atoms with Crippen LogP contribution < -0.4 is 0 Å². The Labute approximate surface area is 106 Å². The first-order chi connectivity index (χ1) is 8.52. The van der Waals surface area contributed by atoms with Gasteiger partial charge in [0.05, 0.1) is 6.10 Å². The van der Waals surface area contributed by atoms with Crippen LogP contribution in [0.4, 0.5) is 0 Å². The molecule has 0 radical (unpaired) electrons. The molecular weight excluding hydrogens is 236 g/mol. The van der Waals surface area contributed by atoms with E-state index in [0.29, 0.717) is 6.42 Å². The Bertz CT molecular complexity index is 347. The molecule has 3 atom stereocenters. The average molecular weight is 254 g/mol. The second-order valence-corrected chi connectivity index (χ2v) is 4.00. The van der Waals surface area contributed by atoms with Crippen molar-refractivity contribution in [1.82, 2.24) is 0 Å². The Morgan fingerprint density at radius 1 is 1.33 bits per heavy atom. The lowest BCUT2D eigenvalue weighted by Crippen LogP contribution is -2.41. The fourth-order valence-electron chi connectivity index (χ4n) is 1.64. The minimum atomic E-state index is -0.525. The summed E-state index contributed by atoms with van der Waals surface area (Å²) in [5.41, 5.74) is 0. The van der Waals surface area contributed by atoms with Crippen LogP contribution in [0.25, 0.3) is 0 Å². The molecular formula is C13H18O5. The predicted octanol–water partition coefficient (Wildman–Crippen LogP) is 1.38. The van der Waals surface area contributed by atoms with E-state index in [9.17, 15) is 9.59 Å². The fraction of sp³-hybridized carbons (Fsp3) is 0.538. The molecule has 1 heterocycles. The summed E-state index contributed by atoms with van der Waals surface area (Å²) >= 11 is 0. The summed E-state index contributed by atoms with van der Waals surface area (Å²) in [6.45, 7) is 6.34. The molecule has 0 amide bonds. The molecule has 18 heavy (non-hydrogen) atoms. The zero-order valence-corrected chi connectivity index (χ0v) is 10.6. The molecule has 0 spiro atoms. The highest BCUT2D eigenvalue weighted by Gasteiger charge is 2.29. The predicted molar refractivity (Wildman–Crippen MR) is 64.8 cm³/mol. The zero-order chi connectivity index (χ0) is 13.5. The van der Waals surface area contributed by atoms with Crippen LogP contribution in [0.1, 0.15) is 20.3 Å². The zero-order valence-electron chi connectivity index (χ0n) is 10.6. The Hall–Kier alpha value is -1.62. The quantitative estimate of drug-likeness (QED) is 0.548. The summed E-state index contributed by atoms with van der Waals surface area (Å²) in [6.07, 6.45) is 4.84. The van der Waals surface area contributed by atoms with Crippen LogP contribution >= 0.6 is 0 Å². The second-order valence-electron chi connectivity index (χ2n) is 4.00. The molecule has 5 nitrogen and oxygen atoms in total. The van der Waals surface area contributed by atoms with Crippen molar-refractivity contribution < 1.29 is 23.8 Å². The number of hydrogen-bond donors (Lipinski definition) is 0. The van der Waals surface area contributed by atoms with Gasteiger partial charge in [0.25, 0.3) is 0 Å². The van der Waals surface area contributed by atoms with Gasteiger partial charge < -0.3 is 14.2 Å². The smallest absolute Gasteiger partial charge is 0.303 e. The highest BCUT2D eigenvalue weighted by atomic mass is 16.6. The van der Waals surface area contributed by atoms with Crippen LogP contribution in [0.15, 0.2) is 24.8 Å². The Morgan fingerprint density at radius 3 is 2.61 bits per heavy atom. The normalized spacial score (nSPS) is 26.4. The van der Waals surface area contributed by atoms with Crippen LogP contribution in [-0.4, -0.2) is 36.9 Å². The molecule has 0 aromatic carbocycles. The van der Waals surface area contributed by atoms with Crippen molar-refractivity contribution in [1.29, 1.82) is 0 Å². The van der Waals surface area contributed by atoms with E-state index in [-0.39, 0.29) is 12.7 Å². The third-order valence-electron chi connectivity index (χ3n) is 2.38. The molecule has 0 saturated heterocycles. The molecule has 1 aliphatic heterocycles. The number of rotatable bonds is 5. The lowest BCUT2D eigenvalue weighted by molar-refractivity contribution is -0.163. The van der Waals surface area contributed by atoms with E-state index in [1.165, 1.54) is 13.8 Å². The third kappa shape index (κ3) is 4.71. The van der Waals surface area contributed by atoms with Crippen LogP contribution in [0.2, 0.25) is 0 Å². The van der Waals surface area contributed by atoms with Gasteiger partial charge in [0, 0.05) is 13.8 Å². The van der Waals surface area contributed by atoms with Crippen molar-refractivity contribution in [3.63, 3.8) is 0 Å². The van der Waals surface area contributed by atoms with Crippen molar-refractivity contribution in [3.8, 4) is 0 Å². The van der Waals surface area contributed by atoms with Gasteiger partial charge in [0.15, 0.2) is 0 Å². The van der Waals surface area contributed by atoms with E-state index in [1.54, 1.807) is 12.2 Å².